The van der Waals surface area contributed by atoms with Crippen LogP contribution >= 0.6 is 11.3 Å². The Kier molecular flexibility index (Phi) is 8.24. The fourth-order valence-electron chi connectivity index (χ4n) is 2.83. The summed E-state index contributed by atoms with van der Waals surface area (Å²) in [4.78, 5) is 16.9. The van der Waals surface area contributed by atoms with E-state index in [4.69, 9.17) is 9.47 Å². The number of nitrogens with zero attached hydrogens (tertiary/aromatic N) is 1. The van der Waals surface area contributed by atoms with Gasteiger partial charge in [-0.05, 0) is 56.7 Å². The lowest BCUT2D eigenvalue weighted by molar-refractivity contribution is -0.111. The minimum absolute atomic E-state index is 0.134. The van der Waals surface area contributed by atoms with Crippen LogP contribution in [0.1, 0.15) is 39.2 Å². The molecule has 0 radical (unpaired) electrons. The third kappa shape index (κ3) is 6.96. The number of thiazole rings is 1. The number of anilines is 1. The first kappa shape index (κ1) is 22.6. The van der Waals surface area contributed by atoms with Crippen LogP contribution in [0.4, 0.5) is 5.13 Å². The number of amides is 1. The highest BCUT2D eigenvalue weighted by Crippen LogP contribution is 2.27. The van der Waals surface area contributed by atoms with Crippen LogP contribution < -0.4 is 14.8 Å². The van der Waals surface area contributed by atoms with E-state index in [0.29, 0.717) is 11.7 Å². The van der Waals surface area contributed by atoms with E-state index in [1.807, 2.05) is 67.8 Å². The first-order chi connectivity index (χ1) is 15.0. The highest BCUT2D eigenvalue weighted by molar-refractivity contribution is 7.14. The quantitative estimate of drug-likeness (QED) is 0.294. The summed E-state index contributed by atoms with van der Waals surface area (Å²) in [5.41, 5.74) is 2.66. The van der Waals surface area contributed by atoms with E-state index in [1.54, 1.807) is 6.08 Å². The molecule has 0 atom stereocenters. The lowest BCUT2D eigenvalue weighted by Gasteiger charge is -2.09. The summed E-state index contributed by atoms with van der Waals surface area (Å²) in [6, 6.07) is 15.5. The molecule has 6 heteroatoms. The van der Waals surface area contributed by atoms with Crippen LogP contribution in [-0.2, 0) is 4.79 Å². The van der Waals surface area contributed by atoms with Crippen LogP contribution in [0.5, 0.6) is 11.5 Å². The molecule has 1 N–H and O–H groups in total. The van der Waals surface area contributed by atoms with E-state index in [9.17, 15) is 4.79 Å². The van der Waals surface area contributed by atoms with Gasteiger partial charge >= 0.3 is 0 Å². The summed E-state index contributed by atoms with van der Waals surface area (Å²) in [5, 5.41) is 5.31. The van der Waals surface area contributed by atoms with E-state index < -0.39 is 0 Å². The van der Waals surface area contributed by atoms with Crippen LogP contribution in [0, 0.1) is 0 Å². The van der Waals surface area contributed by atoms with E-state index in [0.717, 1.165) is 41.2 Å². The van der Waals surface area contributed by atoms with Crippen molar-refractivity contribution in [3.8, 4) is 22.8 Å². The van der Waals surface area contributed by atoms with Crippen molar-refractivity contribution >= 4 is 28.5 Å². The predicted octanol–water partition coefficient (Wildman–Crippen LogP) is 6.43. The number of carbonyl (C=O) groups excluding carboxylic acids is 1. The molecular formula is C25H28N2O3S. The van der Waals surface area contributed by atoms with Crippen molar-refractivity contribution in [1.82, 2.24) is 4.98 Å². The minimum atomic E-state index is -0.232. The number of benzene rings is 2. The zero-order valence-electron chi connectivity index (χ0n) is 18.1. The summed E-state index contributed by atoms with van der Waals surface area (Å²) >= 11 is 1.39. The first-order valence-electron chi connectivity index (χ1n) is 10.5. The van der Waals surface area contributed by atoms with Crippen molar-refractivity contribution in [2.45, 2.75) is 39.7 Å². The van der Waals surface area contributed by atoms with Gasteiger partial charge in [-0.3, -0.25) is 10.1 Å². The smallest absolute Gasteiger partial charge is 0.250 e. The zero-order valence-corrected chi connectivity index (χ0v) is 18.9. The van der Waals surface area contributed by atoms with Crippen molar-refractivity contribution in [2.24, 2.45) is 0 Å². The normalized spacial score (nSPS) is 11.1. The van der Waals surface area contributed by atoms with Crippen LogP contribution in [0.3, 0.4) is 0 Å². The topological polar surface area (TPSA) is 60.5 Å². The number of hydrogen-bond donors (Lipinski definition) is 1. The molecule has 3 aromatic rings. The Balaban J connectivity index is 1.60. The lowest BCUT2D eigenvalue weighted by atomic mass is 10.2. The molecule has 0 aliphatic carbocycles. The van der Waals surface area contributed by atoms with Gasteiger partial charge in [0.25, 0.3) is 0 Å². The van der Waals surface area contributed by atoms with E-state index in [1.165, 1.54) is 17.4 Å². The Bertz CT molecular complexity index is 1010. The molecule has 1 amide bonds. The number of hydrogen-bond acceptors (Lipinski definition) is 5. The average Bonchev–Trinajstić information content (AvgIpc) is 3.21. The molecule has 0 spiro atoms. The molecule has 1 heterocycles. The summed E-state index contributed by atoms with van der Waals surface area (Å²) in [6.45, 7) is 6.78. The summed E-state index contributed by atoms with van der Waals surface area (Å²) < 4.78 is 11.5. The van der Waals surface area contributed by atoms with Gasteiger partial charge in [0.15, 0.2) is 5.13 Å². The summed E-state index contributed by atoms with van der Waals surface area (Å²) in [7, 11) is 0. The molecule has 0 bridgehead atoms. The number of rotatable bonds is 10. The SMILES string of the molecule is CCCCOc1ccccc1C=CC(=O)Nc1nc(-c2ccc(OC(C)C)cc2)cs1. The Morgan fingerprint density at radius 2 is 1.94 bits per heavy atom. The molecule has 0 aliphatic heterocycles. The Hall–Kier alpha value is -3.12. The van der Waals surface area contributed by atoms with Crippen LogP contribution in [0.2, 0.25) is 0 Å². The number of carbonyl (C=O) groups is 1. The van der Waals surface area contributed by atoms with Crippen LogP contribution in [0.25, 0.3) is 17.3 Å². The third-order valence-electron chi connectivity index (χ3n) is 4.34. The standard InChI is InChI=1S/C25H28N2O3S/c1-4-5-16-29-23-9-7-6-8-20(23)12-15-24(28)27-25-26-22(17-31-25)19-10-13-21(14-11-19)30-18(2)3/h6-15,17-18H,4-5,16H2,1-3H3,(H,26,27,28). The second kappa shape index (κ2) is 11.3. The van der Waals surface area contributed by atoms with Gasteiger partial charge in [-0.15, -0.1) is 11.3 Å². The van der Waals surface area contributed by atoms with Gasteiger partial charge in [-0.1, -0.05) is 31.5 Å². The maximum atomic E-state index is 12.4. The molecule has 5 nitrogen and oxygen atoms in total. The van der Waals surface area contributed by atoms with Crippen molar-refractivity contribution in [3.05, 3.63) is 65.6 Å². The van der Waals surface area contributed by atoms with Crippen molar-refractivity contribution in [3.63, 3.8) is 0 Å². The lowest BCUT2D eigenvalue weighted by Crippen LogP contribution is -2.07. The number of para-hydroxylation sites is 1. The maximum Gasteiger partial charge on any atom is 0.250 e. The second-order valence-corrected chi connectivity index (χ2v) is 8.15. The van der Waals surface area contributed by atoms with E-state index in [-0.39, 0.29) is 12.0 Å². The van der Waals surface area contributed by atoms with Crippen LogP contribution in [-0.4, -0.2) is 23.6 Å². The summed E-state index contributed by atoms with van der Waals surface area (Å²) in [5.74, 6) is 1.37. The van der Waals surface area contributed by atoms with Crippen LogP contribution in [0.15, 0.2) is 60.0 Å². The third-order valence-corrected chi connectivity index (χ3v) is 5.10. The number of unbranched alkanes of at least 4 members (excludes halogenated alkanes) is 1. The average molecular weight is 437 g/mol. The van der Waals surface area contributed by atoms with Gasteiger partial charge in [0.1, 0.15) is 11.5 Å². The minimum Gasteiger partial charge on any atom is -0.493 e. The van der Waals surface area contributed by atoms with Gasteiger partial charge in [0, 0.05) is 22.6 Å². The van der Waals surface area contributed by atoms with Crippen molar-refractivity contribution in [2.75, 3.05) is 11.9 Å². The fraction of sp³-hybridized carbons (Fsp3) is 0.280. The monoisotopic (exact) mass is 436 g/mol. The van der Waals surface area contributed by atoms with Gasteiger partial charge in [0.2, 0.25) is 5.91 Å². The maximum absolute atomic E-state index is 12.4. The number of aromatic nitrogens is 1. The molecule has 31 heavy (non-hydrogen) atoms. The first-order valence-corrected chi connectivity index (χ1v) is 11.4. The molecule has 0 saturated carbocycles. The highest BCUT2D eigenvalue weighted by atomic mass is 32.1. The largest absolute Gasteiger partial charge is 0.493 e. The summed E-state index contributed by atoms with van der Waals surface area (Å²) in [6.07, 6.45) is 5.47. The molecule has 3 rings (SSSR count). The zero-order chi connectivity index (χ0) is 22.1. The number of nitrogens with one attached hydrogen (secondary N) is 1. The molecule has 162 valence electrons. The molecule has 0 saturated heterocycles. The van der Waals surface area contributed by atoms with Gasteiger partial charge in [-0.25, -0.2) is 4.98 Å². The van der Waals surface area contributed by atoms with E-state index >= 15 is 0 Å². The Labute approximate surface area is 187 Å². The predicted molar refractivity (Wildman–Crippen MR) is 128 cm³/mol. The Morgan fingerprint density at radius 3 is 2.68 bits per heavy atom. The van der Waals surface area contributed by atoms with Gasteiger partial charge in [0.05, 0.1) is 18.4 Å². The van der Waals surface area contributed by atoms with Gasteiger partial charge in [-0.2, -0.15) is 0 Å². The van der Waals surface area contributed by atoms with E-state index in [2.05, 4.69) is 17.2 Å². The number of ether oxygens (including phenoxy) is 2. The van der Waals surface area contributed by atoms with Crippen molar-refractivity contribution < 1.29 is 14.3 Å². The molecule has 0 unspecified atom stereocenters. The second-order valence-electron chi connectivity index (χ2n) is 7.29. The molecule has 0 fully saturated rings. The molecule has 1 aromatic heterocycles. The molecule has 0 aliphatic rings. The molecular weight excluding hydrogens is 408 g/mol. The fourth-order valence-corrected chi connectivity index (χ4v) is 3.55. The Morgan fingerprint density at radius 1 is 1.16 bits per heavy atom. The van der Waals surface area contributed by atoms with Crippen molar-refractivity contribution in [1.29, 1.82) is 0 Å². The van der Waals surface area contributed by atoms with Gasteiger partial charge < -0.3 is 9.47 Å². The molecule has 2 aromatic carbocycles. The highest BCUT2D eigenvalue weighted by Gasteiger charge is 2.08.